The van der Waals surface area contributed by atoms with Crippen LogP contribution in [0.3, 0.4) is 0 Å². The first-order valence-corrected chi connectivity index (χ1v) is 8.36. The number of aromatic nitrogens is 4. The maximum Gasteiger partial charge on any atom is 0.225 e. The van der Waals surface area contributed by atoms with Crippen LogP contribution in [0.25, 0.3) is 11.2 Å². The molecule has 5 nitrogen and oxygen atoms in total. The molecule has 2 N–H and O–H groups in total. The summed E-state index contributed by atoms with van der Waals surface area (Å²) < 4.78 is 0. The molecule has 2 aromatic heterocycles. The van der Waals surface area contributed by atoms with Crippen molar-refractivity contribution in [3.8, 4) is 0 Å². The number of aromatic amines is 1. The van der Waals surface area contributed by atoms with Crippen LogP contribution in [-0.2, 0) is 0 Å². The Morgan fingerprint density at radius 3 is 2.95 bits per heavy atom. The zero-order chi connectivity index (χ0) is 13.8. The van der Waals surface area contributed by atoms with Crippen LogP contribution in [0, 0.1) is 0 Å². The van der Waals surface area contributed by atoms with Crippen molar-refractivity contribution in [1.82, 2.24) is 19.9 Å². The number of H-pyrrole nitrogens is 1. The predicted molar refractivity (Wildman–Crippen MR) is 83.2 cm³/mol. The number of imidazole rings is 1. The molecule has 0 amide bonds. The van der Waals surface area contributed by atoms with Crippen LogP contribution in [-0.4, -0.2) is 31.7 Å². The van der Waals surface area contributed by atoms with Gasteiger partial charge in [0.15, 0.2) is 5.65 Å². The molecule has 0 bridgehead atoms. The zero-order valence-electron chi connectivity index (χ0n) is 11.9. The standard InChI is InChI=1S/C14H21N5S/c1-2-8-15-14-18-12-11(16-9-17-12)13(19-14)20-10-6-4-3-5-7-10/h9-10H,2-8H2,1H3,(H2,15,16,17,18,19). The van der Waals surface area contributed by atoms with Gasteiger partial charge in [0.2, 0.25) is 5.95 Å². The van der Waals surface area contributed by atoms with Crippen LogP contribution < -0.4 is 5.32 Å². The highest BCUT2D eigenvalue weighted by Gasteiger charge is 2.18. The molecule has 2 aromatic rings. The molecule has 0 spiro atoms. The Hall–Kier alpha value is -1.30. The van der Waals surface area contributed by atoms with E-state index in [4.69, 9.17) is 0 Å². The third-order valence-electron chi connectivity index (χ3n) is 3.62. The van der Waals surface area contributed by atoms with Crippen LogP contribution in [0.1, 0.15) is 45.4 Å². The second kappa shape index (κ2) is 6.43. The highest BCUT2D eigenvalue weighted by atomic mass is 32.2. The minimum atomic E-state index is 0.684. The quantitative estimate of drug-likeness (QED) is 0.824. The molecular weight excluding hydrogens is 270 g/mol. The highest BCUT2D eigenvalue weighted by Crippen LogP contribution is 2.35. The molecular formula is C14H21N5S. The van der Waals surface area contributed by atoms with Crippen molar-refractivity contribution in [2.45, 2.75) is 55.7 Å². The van der Waals surface area contributed by atoms with Crippen LogP contribution in [0.15, 0.2) is 11.4 Å². The van der Waals surface area contributed by atoms with Crippen molar-refractivity contribution in [2.75, 3.05) is 11.9 Å². The largest absolute Gasteiger partial charge is 0.354 e. The molecule has 0 aromatic carbocycles. The second-order valence-electron chi connectivity index (χ2n) is 5.26. The Kier molecular flexibility index (Phi) is 4.40. The maximum absolute atomic E-state index is 4.67. The monoisotopic (exact) mass is 291 g/mol. The van der Waals surface area contributed by atoms with Crippen molar-refractivity contribution in [1.29, 1.82) is 0 Å². The molecule has 0 saturated heterocycles. The van der Waals surface area contributed by atoms with Gasteiger partial charge in [-0.1, -0.05) is 26.2 Å². The number of nitrogens with one attached hydrogen (secondary N) is 2. The molecule has 1 aliphatic rings. The van der Waals surface area contributed by atoms with E-state index in [-0.39, 0.29) is 0 Å². The van der Waals surface area contributed by atoms with E-state index in [0.717, 1.165) is 29.2 Å². The van der Waals surface area contributed by atoms with Gasteiger partial charge in [-0.05, 0) is 19.3 Å². The van der Waals surface area contributed by atoms with E-state index in [9.17, 15) is 0 Å². The van der Waals surface area contributed by atoms with Gasteiger partial charge < -0.3 is 10.3 Å². The molecule has 0 atom stereocenters. The smallest absolute Gasteiger partial charge is 0.225 e. The summed E-state index contributed by atoms with van der Waals surface area (Å²) in [5, 5.41) is 4.99. The summed E-state index contributed by atoms with van der Waals surface area (Å²) in [4.78, 5) is 16.6. The fourth-order valence-electron chi connectivity index (χ4n) is 2.55. The van der Waals surface area contributed by atoms with E-state index >= 15 is 0 Å². The fourth-order valence-corrected chi connectivity index (χ4v) is 3.84. The molecule has 6 heteroatoms. The average Bonchev–Trinajstić information content (AvgIpc) is 2.95. The summed E-state index contributed by atoms with van der Waals surface area (Å²) in [6.45, 7) is 3.03. The van der Waals surface area contributed by atoms with E-state index in [0.29, 0.717) is 11.2 Å². The summed E-state index contributed by atoms with van der Waals surface area (Å²) in [6.07, 6.45) is 9.42. The SMILES string of the molecule is CCCNc1nc(SC2CCCCC2)c2[nH]cnc2n1. The van der Waals surface area contributed by atoms with Gasteiger partial charge in [0.25, 0.3) is 0 Å². The first-order chi connectivity index (χ1) is 9.86. The molecule has 20 heavy (non-hydrogen) atoms. The summed E-state index contributed by atoms with van der Waals surface area (Å²) in [6, 6.07) is 0. The average molecular weight is 291 g/mol. The summed E-state index contributed by atoms with van der Waals surface area (Å²) in [5.41, 5.74) is 1.74. The fraction of sp³-hybridized carbons (Fsp3) is 0.643. The Bertz CT molecular complexity index is 562. The van der Waals surface area contributed by atoms with Gasteiger partial charge in [-0.2, -0.15) is 4.98 Å². The zero-order valence-corrected chi connectivity index (χ0v) is 12.7. The van der Waals surface area contributed by atoms with Gasteiger partial charge in [0.1, 0.15) is 10.5 Å². The first-order valence-electron chi connectivity index (χ1n) is 7.48. The topological polar surface area (TPSA) is 66.5 Å². The van der Waals surface area contributed by atoms with Crippen molar-refractivity contribution >= 4 is 28.9 Å². The lowest BCUT2D eigenvalue weighted by Gasteiger charge is -2.20. The third-order valence-corrected chi connectivity index (χ3v) is 4.94. The van der Waals surface area contributed by atoms with Crippen LogP contribution in [0.5, 0.6) is 0 Å². The lowest BCUT2D eigenvalue weighted by molar-refractivity contribution is 0.516. The lowest BCUT2D eigenvalue weighted by atomic mass is 10.0. The van der Waals surface area contributed by atoms with Crippen molar-refractivity contribution < 1.29 is 0 Å². The van der Waals surface area contributed by atoms with Crippen LogP contribution in [0.4, 0.5) is 5.95 Å². The van der Waals surface area contributed by atoms with E-state index in [1.165, 1.54) is 32.1 Å². The van der Waals surface area contributed by atoms with Crippen molar-refractivity contribution in [2.24, 2.45) is 0 Å². The molecule has 2 heterocycles. The third kappa shape index (κ3) is 3.06. The van der Waals surface area contributed by atoms with Gasteiger partial charge in [0, 0.05) is 11.8 Å². The second-order valence-corrected chi connectivity index (χ2v) is 6.55. The Labute approximate surface area is 123 Å². The summed E-state index contributed by atoms with van der Waals surface area (Å²) in [5.74, 6) is 0.699. The molecule has 0 radical (unpaired) electrons. The van der Waals surface area contributed by atoms with Gasteiger partial charge in [-0.25, -0.2) is 9.97 Å². The lowest BCUT2D eigenvalue weighted by Crippen LogP contribution is -2.10. The first kappa shape index (κ1) is 13.7. The maximum atomic E-state index is 4.67. The van der Waals surface area contributed by atoms with Gasteiger partial charge in [-0.15, -0.1) is 11.8 Å². The Balaban J connectivity index is 1.84. The predicted octanol–water partition coefficient (Wildman–Crippen LogP) is 3.60. The van der Waals surface area contributed by atoms with E-state index in [1.807, 2.05) is 11.8 Å². The molecule has 3 rings (SSSR count). The number of hydrogen-bond donors (Lipinski definition) is 2. The van der Waals surface area contributed by atoms with Gasteiger partial charge >= 0.3 is 0 Å². The van der Waals surface area contributed by atoms with Gasteiger partial charge in [-0.3, -0.25) is 0 Å². The normalized spacial score (nSPS) is 16.6. The van der Waals surface area contributed by atoms with E-state index < -0.39 is 0 Å². The van der Waals surface area contributed by atoms with Crippen LogP contribution >= 0.6 is 11.8 Å². The molecule has 1 saturated carbocycles. The molecule has 1 aliphatic carbocycles. The highest BCUT2D eigenvalue weighted by molar-refractivity contribution is 8.00. The number of hydrogen-bond acceptors (Lipinski definition) is 5. The minimum Gasteiger partial charge on any atom is -0.354 e. The Morgan fingerprint density at radius 1 is 1.30 bits per heavy atom. The summed E-state index contributed by atoms with van der Waals surface area (Å²) >= 11 is 1.88. The van der Waals surface area contributed by atoms with Crippen molar-refractivity contribution in [3.05, 3.63) is 6.33 Å². The molecule has 0 aliphatic heterocycles. The summed E-state index contributed by atoms with van der Waals surface area (Å²) in [7, 11) is 0. The Morgan fingerprint density at radius 2 is 2.15 bits per heavy atom. The number of nitrogens with zero attached hydrogens (tertiary/aromatic N) is 3. The number of fused-ring (bicyclic) bond motifs is 1. The molecule has 1 fully saturated rings. The number of anilines is 1. The van der Waals surface area contributed by atoms with Gasteiger partial charge in [0.05, 0.1) is 6.33 Å². The number of rotatable bonds is 5. The minimum absolute atomic E-state index is 0.684. The van der Waals surface area contributed by atoms with Crippen LogP contribution in [0.2, 0.25) is 0 Å². The van der Waals surface area contributed by atoms with E-state index in [1.54, 1.807) is 6.33 Å². The molecule has 0 unspecified atom stereocenters. The number of thioether (sulfide) groups is 1. The van der Waals surface area contributed by atoms with E-state index in [2.05, 4.69) is 32.2 Å². The van der Waals surface area contributed by atoms with Crippen molar-refractivity contribution in [3.63, 3.8) is 0 Å². The molecule has 108 valence electrons.